The van der Waals surface area contributed by atoms with Gasteiger partial charge >= 0.3 is 0 Å². The van der Waals surface area contributed by atoms with Gasteiger partial charge in [0.05, 0.1) is 29.2 Å². The van der Waals surface area contributed by atoms with Gasteiger partial charge < -0.3 is 15.7 Å². The number of hydrogen-bond acceptors (Lipinski definition) is 4. The molecule has 1 aliphatic heterocycles. The molecule has 1 saturated carbocycles. The molecule has 5 heteroatoms. The van der Waals surface area contributed by atoms with Crippen molar-refractivity contribution in [1.82, 2.24) is 9.88 Å². The third-order valence-corrected chi connectivity index (χ3v) is 4.44. The van der Waals surface area contributed by atoms with Crippen LogP contribution >= 0.6 is 0 Å². The number of aliphatic hydroxyl groups is 1. The van der Waals surface area contributed by atoms with Crippen LogP contribution in [0.25, 0.3) is 0 Å². The fraction of sp³-hybridized carbons (Fsp3) is 0.571. The lowest BCUT2D eigenvalue weighted by Gasteiger charge is -2.19. The van der Waals surface area contributed by atoms with E-state index in [1.807, 2.05) is 11.8 Å². The second kappa shape index (κ2) is 4.49. The minimum absolute atomic E-state index is 0.0149. The highest BCUT2D eigenvalue weighted by Gasteiger charge is 2.43. The van der Waals surface area contributed by atoms with Crippen molar-refractivity contribution in [2.24, 2.45) is 11.8 Å². The molecule has 2 heterocycles. The number of aryl methyl sites for hydroxylation is 1. The molecule has 0 spiro atoms. The molecule has 3 N–H and O–H groups in total. The Morgan fingerprint density at radius 3 is 3.00 bits per heavy atom. The first kappa shape index (κ1) is 12.4. The molecule has 0 radical (unpaired) electrons. The van der Waals surface area contributed by atoms with Gasteiger partial charge in [0.2, 0.25) is 0 Å². The topological polar surface area (TPSA) is 79.5 Å². The molecule has 3 atom stereocenters. The zero-order chi connectivity index (χ0) is 13.6. The van der Waals surface area contributed by atoms with Crippen LogP contribution in [0.1, 0.15) is 28.9 Å². The number of pyridine rings is 1. The van der Waals surface area contributed by atoms with Gasteiger partial charge in [-0.15, -0.1) is 0 Å². The lowest BCUT2D eigenvalue weighted by Crippen LogP contribution is -2.31. The average molecular weight is 261 g/mol. The number of hydrogen-bond donors (Lipinski definition) is 2. The summed E-state index contributed by atoms with van der Waals surface area (Å²) in [6, 6.07) is 1.69. The molecule has 1 amide bonds. The van der Waals surface area contributed by atoms with E-state index < -0.39 is 0 Å². The second-order valence-corrected chi connectivity index (χ2v) is 5.68. The normalized spacial score (nSPS) is 29.6. The van der Waals surface area contributed by atoms with E-state index in [4.69, 9.17) is 5.73 Å². The highest BCUT2D eigenvalue weighted by atomic mass is 16.3. The summed E-state index contributed by atoms with van der Waals surface area (Å²) in [4.78, 5) is 18.5. The fourth-order valence-corrected chi connectivity index (χ4v) is 3.34. The molecule has 1 saturated heterocycles. The lowest BCUT2D eigenvalue weighted by molar-refractivity contribution is 0.0751. The third kappa shape index (κ3) is 2.08. The first-order chi connectivity index (χ1) is 9.06. The number of rotatable bonds is 1. The van der Waals surface area contributed by atoms with Gasteiger partial charge in [0.25, 0.3) is 5.91 Å². The predicted molar refractivity (Wildman–Crippen MR) is 71.5 cm³/mol. The molecular formula is C14H19N3O2. The van der Waals surface area contributed by atoms with E-state index >= 15 is 0 Å². The Labute approximate surface area is 112 Å². The molecule has 19 heavy (non-hydrogen) atoms. The van der Waals surface area contributed by atoms with Crippen LogP contribution in [0.5, 0.6) is 0 Å². The van der Waals surface area contributed by atoms with Crippen molar-refractivity contribution in [2.75, 3.05) is 18.8 Å². The third-order valence-electron chi connectivity index (χ3n) is 4.44. The summed E-state index contributed by atoms with van der Waals surface area (Å²) in [6.07, 6.45) is 3.21. The van der Waals surface area contributed by atoms with Crippen LogP contribution in [0.3, 0.4) is 0 Å². The smallest absolute Gasteiger partial charge is 0.255 e. The van der Waals surface area contributed by atoms with Crippen LogP contribution < -0.4 is 5.73 Å². The molecule has 1 aromatic heterocycles. The SMILES string of the molecule is Cc1ncc(N)cc1C(=O)N1CC2CCC(O)C2C1. The Balaban J connectivity index is 1.80. The molecule has 0 aromatic carbocycles. The van der Waals surface area contributed by atoms with E-state index in [1.165, 1.54) is 0 Å². The van der Waals surface area contributed by atoms with Gasteiger partial charge in [0, 0.05) is 19.0 Å². The van der Waals surface area contributed by atoms with Gasteiger partial charge in [-0.2, -0.15) is 0 Å². The standard InChI is InChI=1S/C14H19N3O2/c1-8-11(4-10(15)5-16-8)14(19)17-6-9-2-3-13(18)12(9)7-17/h4-5,9,12-13,18H,2-3,6-7,15H2,1H3. The minimum atomic E-state index is -0.247. The first-order valence-corrected chi connectivity index (χ1v) is 6.75. The summed E-state index contributed by atoms with van der Waals surface area (Å²) < 4.78 is 0. The number of nitrogens with zero attached hydrogens (tertiary/aromatic N) is 2. The van der Waals surface area contributed by atoms with Crippen molar-refractivity contribution in [2.45, 2.75) is 25.9 Å². The van der Waals surface area contributed by atoms with E-state index in [9.17, 15) is 9.90 Å². The lowest BCUT2D eigenvalue weighted by atomic mass is 10.00. The van der Waals surface area contributed by atoms with Crippen molar-refractivity contribution in [3.8, 4) is 0 Å². The average Bonchev–Trinajstić information content (AvgIpc) is 2.94. The molecule has 0 bridgehead atoms. The molecule has 3 rings (SSSR count). The molecule has 1 aromatic rings. The van der Waals surface area contributed by atoms with Crippen molar-refractivity contribution in [3.05, 3.63) is 23.5 Å². The van der Waals surface area contributed by atoms with Crippen molar-refractivity contribution in [3.63, 3.8) is 0 Å². The number of fused-ring (bicyclic) bond motifs is 1. The molecule has 3 unspecified atom stereocenters. The number of aliphatic hydroxyl groups excluding tert-OH is 1. The molecule has 102 valence electrons. The number of carbonyl (C=O) groups excluding carboxylic acids is 1. The predicted octanol–water partition coefficient (Wildman–Crippen LogP) is 0.815. The van der Waals surface area contributed by atoms with Gasteiger partial charge in [0.15, 0.2) is 0 Å². The van der Waals surface area contributed by atoms with Gasteiger partial charge in [-0.25, -0.2) is 0 Å². The van der Waals surface area contributed by atoms with Crippen LogP contribution in [0.15, 0.2) is 12.3 Å². The second-order valence-electron chi connectivity index (χ2n) is 5.68. The quantitative estimate of drug-likeness (QED) is 0.784. The Morgan fingerprint density at radius 2 is 2.26 bits per heavy atom. The van der Waals surface area contributed by atoms with Crippen LogP contribution in [-0.4, -0.2) is 40.1 Å². The molecular weight excluding hydrogens is 242 g/mol. The molecule has 1 aliphatic carbocycles. The number of carbonyl (C=O) groups is 1. The number of amides is 1. The zero-order valence-corrected chi connectivity index (χ0v) is 11.0. The Bertz CT molecular complexity index is 517. The summed E-state index contributed by atoms with van der Waals surface area (Å²) in [6.45, 7) is 3.21. The van der Waals surface area contributed by atoms with E-state index in [1.54, 1.807) is 12.3 Å². The maximum Gasteiger partial charge on any atom is 0.255 e. The Morgan fingerprint density at radius 1 is 1.47 bits per heavy atom. The molecule has 5 nitrogen and oxygen atoms in total. The summed E-state index contributed by atoms with van der Waals surface area (Å²) >= 11 is 0. The molecule has 2 aliphatic rings. The Hall–Kier alpha value is -1.62. The van der Waals surface area contributed by atoms with E-state index in [0.29, 0.717) is 29.4 Å². The summed E-state index contributed by atoms with van der Waals surface area (Å²) in [7, 11) is 0. The summed E-state index contributed by atoms with van der Waals surface area (Å²) in [5.74, 6) is 0.686. The Kier molecular flexibility index (Phi) is 2.93. The van der Waals surface area contributed by atoms with E-state index in [-0.39, 0.29) is 17.9 Å². The fourth-order valence-electron chi connectivity index (χ4n) is 3.34. The minimum Gasteiger partial charge on any atom is -0.397 e. The van der Waals surface area contributed by atoms with Gasteiger partial charge in [-0.1, -0.05) is 0 Å². The van der Waals surface area contributed by atoms with Crippen LogP contribution in [0, 0.1) is 18.8 Å². The number of anilines is 1. The first-order valence-electron chi connectivity index (χ1n) is 6.75. The molecule has 2 fully saturated rings. The highest BCUT2D eigenvalue weighted by Crippen LogP contribution is 2.38. The van der Waals surface area contributed by atoms with E-state index in [0.717, 1.165) is 19.4 Å². The maximum atomic E-state index is 12.5. The van der Waals surface area contributed by atoms with Crippen LogP contribution in [-0.2, 0) is 0 Å². The van der Waals surface area contributed by atoms with Crippen molar-refractivity contribution >= 4 is 11.6 Å². The van der Waals surface area contributed by atoms with Gasteiger partial charge in [0.1, 0.15) is 0 Å². The van der Waals surface area contributed by atoms with Crippen LogP contribution in [0.4, 0.5) is 5.69 Å². The number of aromatic nitrogens is 1. The van der Waals surface area contributed by atoms with Gasteiger partial charge in [-0.3, -0.25) is 9.78 Å². The largest absolute Gasteiger partial charge is 0.397 e. The van der Waals surface area contributed by atoms with Crippen molar-refractivity contribution < 1.29 is 9.90 Å². The summed E-state index contributed by atoms with van der Waals surface area (Å²) in [5.41, 5.74) is 7.50. The van der Waals surface area contributed by atoms with Crippen LogP contribution in [0.2, 0.25) is 0 Å². The number of nitrogens with two attached hydrogens (primary N) is 1. The summed E-state index contributed by atoms with van der Waals surface area (Å²) in [5, 5.41) is 9.90. The number of likely N-dealkylation sites (tertiary alicyclic amines) is 1. The maximum absolute atomic E-state index is 12.5. The number of nitrogen functional groups attached to an aromatic ring is 1. The van der Waals surface area contributed by atoms with E-state index in [2.05, 4.69) is 4.98 Å². The zero-order valence-electron chi connectivity index (χ0n) is 11.0. The van der Waals surface area contributed by atoms with Gasteiger partial charge in [-0.05, 0) is 31.7 Å². The highest BCUT2D eigenvalue weighted by molar-refractivity contribution is 5.96. The monoisotopic (exact) mass is 261 g/mol. The van der Waals surface area contributed by atoms with Crippen molar-refractivity contribution in [1.29, 1.82) is 0 Å².